The van der Waals surface area contributed by atoms with Crippen molar-refractivity contribution in [3.63, 3.8) is 0 Å². The molecular weight excluding hydrogens is 268 g/mol. The molecule has 1 aliphatic rings. The molecule has 16 heavy (non-hydrogen) atoms. The minimum absolute atomic E-state index is 0.0800. The number of hydrogen-bond donors (Lipinski definition) is 1. The van der Waals surface area contributed by atoms with E-state index in [0.29, 0.717) is 6.54 Å². The number of nitrogens with two attached hydrogens (primary N) is 1. The Morgan fingerprint density at radius 2 is 2.31 bits per heavy atom. The van der Waals surface area contributed by atoms with Gasteiger partial charge in [-0.3, -0.25) is 4.79 Å². The molecule has 1 amide bonds. The van der Waals surface area contributed by atoms with Crippen LogP contribution in [0.4, 0.5) is 0 Å². The SMILES string of the molecule is N[C@@H]1CCCN(C(=O)c2cccc(Br)c2)C1. The number of likely N-dealkylation sites (tertiary alicyclic amines) is 1. The van der Waals surface area contributed by atoms with Gasteiger partial charge in [0.2, 0.25) is 0 Å². The van der Waals surface area contributed by atoms with Crippen LogP contribution in [0.3, 0.4) is 0 Å². The smallest absolute Gasteiger partial charge is 0.253 e. The zero-order chi connectivity index (χ0) is 11.5. The molecule has 2 rings (SSSR count). The van der Waals surface area contributed by atoms with Gasteiger partial charge in [-0.25, -0.2) is 0 Å². The lowest BCUT2D eigenvalue weighted by Gasteiger charge is -2.30. The molecule has 1 heterocycles. The van der Waals surface area contributed by atoms with Gasteiger partial charge in [0.25, 0.3) is 5.91 Å². The van der Waals surface area contributed by atoms with Gasteiger partial charge in [-0.2, -0.15) is 0 Å². The minimum Gasteiger partial charge on any atom is -0.337 e. The lowest BCUT2D eigenvalue weighted by molar-refractivity contribution is 0.0709. The maximum Gasteiger partial charge on any atom is 0.253 e. The van der Waals surface area contributed by atoms with Crippen LogP contribution in [0.25, 0.3) is 0 Å². The lowest BCUT2D eigenvalue weighted by Crippen LogP contribution is -2.45. The van der Waals surface area contributed by atoms with Gasteiger partial charge in [0.1, 0.15) is 0 Å². The number of halogens is 1. The molecular formula is C12H15BrN2O. The van der Waals surface area contributed by atoms with Gasteiger partial charge in [0, 0.05) is 29.2 Å². The first-order valence-electron chi connectivity index (χ1n) is 5.47. The van der Waals surface area contributed by atoms with Crippen molar-refractivity contribution < 1.29 is 4.79 Å². The van der Waals surface area contributed by atoms with Crippen LogP contribution in [-0.4, -0.2) is 29.9 Å². The van der Waals surface area contributed by atoms with E-state index in [4.69, 9.17) is 5.73 Å². The summed E-state index contributed by atoms with van der Waals surface area (Å²) in [5.41, 5.74) is 6.59. The third-order valence-corrected chi connectivity index (χ3v) is 3.31. The van der Waals surface area contributed by atoms with E-state index in [2.05, 4.69) is 15.9 Å². The molecule has 0 spiro atoms. The maximum absolute atomic E-state index is 12.1. The van der Waals surface area contributed by atoms with Crippen LogP contribution in [0.2, 0.25) is 0 Å². The average molecular weight is 283 g/mol. The maximum atomic E-state index is 12.1. The van der Waals surface area contributed by atoms with Crippen molar-refractivity contribution in [2.24, 2.45) is 5.73 Å². The molecule has 0 unspecified atom stereocenters. The molecule has 1 fully saturated rings. The van der Waals surface area contributed by atoms with Crippen LogP contribution in [0.15, 0.2) is 28.7 Å². The molecule has 1 aliphatic heterocycles. The number of benzene rings is 1. The molecule has 86 valence electrons. The molecule has 0 saturated carbocycles. The standard InChI is InChI=1S/C12H15BrN2O/c13-10-4-1-3-9(7-10)12(16)15-6-2-5-11(14)8-15/h1,3-4,7,11H,2,5-6,8,14H2/t11-/m1/s1. The average Bonchev–Trinajstić information content (AvgIpc) is 2.28. The highest BCUT2D eigenvalue weighted by Gasteiger charge is 2.22. The second-order valence-corrected chi connectivity index (χ2v) is 5.08. The summed E-state index contributed by atoms with van der Waals surface area (Å²) in [6.07, 6.45) is 2.02. The van der Waals surface area contributed by atoms with Crippen LogP contribution >= 0.6 is 15.9 Å². The Kier molecular flexibility index (Phi) is 3.61. The first kappa shape index (κ1) is 11.6. The first-order chi connectivity index (χ1) is 7.66. The van der Waals surface area contributed by atoms with Crippen molar-refractivity contribution in [1.82, 2.24) is 4.90 Å². The summed E-state index contributed by atoms with van der Waals surface area (Å²) in [4.78, 5) is 14.0. The predicted octanol–water partition coefficient (Wildman–Crippen LogP) is 2.01. The van der Waals surface area contributed by atoms with E-state index < -0.39 is 0 Å². The third kappa shape index (κ3) is 2.62. The van der Waals surface area contributed by atoms with Gasteiger partial charge in [-0.15, -0.1) is 0 Å². The van der Waals surface area contributed by atoms with Gasteiger partial charge >= 0.3 is 0 Å². The number of rotatable bonds is 1. The van der Waals surface area contributed by atoms with Crippen LogP contribution in [0.5, 0.6) is 0 Å². The third-order valence-electron chi connectivity index (χ3n) is 2.82. The molecule has 1 atom stereocenters. The number of nitrogens with zero attached hydrogens (tertiary/aromatic N) is 1. The largest absolute Gasteiger partial charge is 0.337 e. The molecule has 3 nitrogen and oxygen atoms in total. The quantitative estimate of drug-likeness (QED) is 0.857. The Bertz CT molecular complexity index is 394. The molecule has 1 saturated heterocycles. The summed E-state index contributed by atoms with van der Waals surface area (Å²) in [5.74, 6) is 0.0800. The van der Waals surface area contributed by atoms with Gasteiger partial charge in [0.05, 0.1) is 0 Å². The molecule has 0 aliphatic carbocycles. The Morgan fingerprint density at radius 1 is 1.50 bits per heavy atom. The van der Waals surface area contributed by atoms with Crippen LogP contribution < -0.4 is 5.73 Å². The number of hydrogen-bond acceptors (Lipinski definition) is 2. The van der Waals surface area contributed by atoms with Crippen molar-refractivity contribution in [2.45, 2.75) is 18.9 Å². The van der Waals surface area contributed by atoms with E-state index in [1.165, 1.54) is 0 Å². The van der Waals surface area contributed by atoms with E-state index in [1.54, 1.807) is 0 Å². The van der Waals surface area contributed by atoms with Gasteiger partial charge in [0.15, 0.2) is 0 Å². The molecule has 1 aromatic carbocycles. The molecule has 0 radical (unpaired) electrons. The van der Waals surface area contributed by atoms with Crippen LogP contribution in [0, 0.1) is 0 Å². The minimum atomic E-state index is 0.0800. The van der Waals surface area contributed by atoms with Crippen molar-refractivity contribution in [3.8, 4) is 0 Å². The number of carbonyl (C=O) groups is 1. The number of carbonyl (C=O) groups excluding carboxylic acids is 1. The van der Waals surface area contributed by atoms with Crippen LogP contribution in [0.1, 0.15) is 23.2 Å². The van der Waals surface area contributed by atoms with Crippen molar-refractivity contribution >= 4 is 21.8 Å². The normalized spacial score (nSPS) is 20.9. The van der Waals surface area contributed by atoms with E-state index in [1.807, 2.05) is 29.2 Å². The van der Waals surface area contributed by atoms with E-state index in [9.17, 15) is 4.79 Å². The Hall–Kier alpha value is -0.870. The topological polar surface area (TPSA) is 46.3 Å². The Morgan fingerprint density at radius 3 is 3.00 bits per heavy atom. The summed E-state index contributed by atoms with van der Waals surface area (Å²) >= 11 is 3.37. The molecule has 2 N–H and O–H groups in total. The van der Waals surface area contributed by atoms with Crippen molar-refractivity contribution in [1.29, 1.82) is 0 Å². The van der Waals surface area contributed by atoms with Crippen molar-refractivity contribution in [2.75, 3.05) is 13.1 Å². The van der Waals surface area contributed by atoms with E-state index in [0.717, 1.165) is 29.4 Å². The number of amides is 1. The monoisotopic (exact) mass is 282 g/mol. The molecule has 0 bridgehead atoms. The second kappa shape index (κ2) is 4.97. The van der Waals surface area contributed by atoms with E-state index >= 15 is 0 Å². The Balaban J connectivity index is 2.12. The van der Waals surface area contributed by atoms with E-state index in [-0.39, 0.29) is 11.9 Å². The highest BCUT2D eigenvalue weighted by molar-refractivity contribution is 9.10. The zero-order valence-corrected chi connectivity index (χ0v) is 10.6. The molecule has 4 heteroatoms. The van der Waals surface area contributed by atoms with Crippen LogP contribution in [-0.2, 0) is 0 Å². The lowest BCUT2D eigenvalue weighted by atomic mass is 10.1. The fourth-order valence-electron chi connectivity index (χ4n) is 2.00. The summed E-state index contributed by atoms with van der Waals surface area (Å²) < 4.78 is 0.930. The van der Waals surface area contributed by atoms with Crippen molar-refractivity contribution in [3.05, 3.63) is 34.3 Å². The van der Waals surface area contributed by atoms with Gasteiger partial charge in [-0.05, 0) is 31.0 Å². The predicted molar refractivity (Wildman–Crippen MR) is 67.3 cm³/mol. The summed E-state index contributed by atoms with van der Waals surface area (Å²) in [6, 6.07) is 7.61. The highest BCUT2D eigenvalue weighted by Crippen LogP contribution is 2.16. The fourth-order valence-corrected chi connectivity index (χ4v) is 2.40. The molecule has 0 aromatic heterocycles. The second-order valence-electron chi connectivity index (χ2n) is 4.16. The molecule has 1 aromatic rings. The first-order valence-corrected chi connectivity index (χ1v) is 6.26. The van der Waals surface area contributed by atoms with Gasteiger partial charge in [-0.1, -0.05) is 22.0 Å². The number of piperidine rings is 1. The Labute approximate surface area is 104 Å². The summed E-state index contributed by atoms with van der Waals surface area (Å²) in [6.45, 7) is 1.49. The van der Waals surface area contributed by atoms with Gasteiger partial charge < -0.3 is 10.6 Å². The zero-order valence-electron chi connectivity index (χ0n) is 9.03. The summed E-state index contributed by atoms with van der Waals surface area (Å²) in [7, 11) is 0. The summed E-state index contributed by atoms with van der Waals surface area (Å²) in [5, 5.41) is 0. The fraction of sp³-hybridized carbons (Fsp3) is 0.417. The highest BCUT2D eigenvalue weighted by atomic mass is 79.9.